The molecule has 0 aliphatic rings. The molecule has 0 saturated heterocycles. The number of aromatic nitrogens is 1. The SMILES string of the molecule is O=C(CCCOc1ccc(Br)cc1)NCc1cc[nH]c1. The highest BCUT2D eigenvalue weighted by Crippen LogP contribution is 2.16. The van der Waals surface area contributed by atoms with Crippen LogP contribution in [0, 0.1) is 0 Å². The fourth-order valence-corrected chi connectivity index (χ4v) is 1.98. The Hall–Kier alpha value is -1.75. The molecule has 0 unspecified atom stereocenters. The Morgan fingerprint density at radius 1 is 1.25 bits per heavy atom. The lowest BCUT2D eigenvalue weighted by Gasteiger charge is -2.06. The molecule has 0 saturated carbocycles. The third-order valence-corrected chi connectivity index (χ3v) is 3.31. The molecule has 1 amide bonds. The van der Waals surface area contributed by atoms with Gasteiger partial charge < -0.3 is 15.0 Å². The molecular formula is C15H17BrN2O2. The van der Waals surface area contributed by atoms with Crippen molar-refractivity contribution in [3.63, 3.8) is 0 Å². The van der Waals surface area contributed by atoms with E-state index in [0.717, 1.165) is 15.8 Å². The number of hydrogen-bond donors (Lipinski definition) is 2. The van der Waals surface area contributed by atoms with Gasteiger partial charge in [0.2, 0.25) is 5.91 Å². The molecule has 5 heteroatoms. The van der Waals surface area contributed by atoms with Crippen LogP contribution in [0.3, 0.4) is 0 Å². The molecule has 2 N–H and O–H groups in total. The molecule has 20 heavy (non-hydrogen) atoms. The summed E-state index contributed by atoms with van der Waals surface area (Å²) in [7, 11) is 0. The van der Waals surface area contributed by atoms with Gasteiger partial charge in [-0.2, -0.15) is 0 Å². The molecule has 1 aromatic heterocycles. The third kappa shape index (κ3) is 5.09. The third-order valence-electron chi connectivity index (χ3n) is 2.78. The highest BCUT2D eigenvalue weighted by molar-refractivity contribution is 9.10. The quantitative estimate of drug-likeness (QED) is 0.762. The van der Waals surface area contributed by atoms with Gasteiger partial charge in [-0.1, -0.05) is 15.9 Å². The van der Waals surface area contributed by atoms with Crippen molar-refractivity contribution in [1.82, 2.24) is 10.3 Å². The van der Waals surface area contributed by atoms with E-state index in [1.807, 2.05) is 42.7 Å². The number of hydrogen-bond acceptors (Lipinski definition) is 2. The number of carbonyl (C=O) groups is 1. The van der Waals surface area contributed by atoms with Crippen LogP contribution in [0.15, 0.2) is 47.2 Å². The summed E-state index contributed by atoms with van der Waals surface area (Å²) in [6.07, 6.45) is 4.89. The van der Waals surface area contributed by atoms with Gasteiger partial charge in [-0.25, -0.2) is 0 Å². The molecule has 0 fully saturated rings. The second-order valence-corrected chi connectivity index (χ2v) is 5.32. The van der Waals surface area contributed by atoms with E-state index in [4.69, 9.17) is 4.74 Å². The summed E-state index contributed by atoms with van der Waals surface area (Å²) in [5.74, 6) is 0.867. The number of benzene rings is 1. The van der Waals surface area contributed by atoms with Gasteiger partial charge in [0.25, 0.3) is 0 Å². The minimum Gasteiger partial charge on any atom is -0.494 e. The van der Waals surface area contributed by atoms with Crippen LogP contribution in [0.1, 0.15) is 18.4 Å². The predicted octanol–water partition coefficient (Wildman–Crippen LogP) is 3.25. The zero-order valence-corrected chi connectivity index (χ0v) is 12.7. The van der Waals surface area contributed by atoms with Crippen molar-refractivity contribution >= 4 is 21.8 Å². The maximum Gasteiger partial charge on any atom is 0.220 e. The van der Waals surface area contributed by atoms with Crippen molar-refractivity contribution in [2.45, 2.75) is 19.4 Å². The lowest BCUT2D eigenvalue weighted by atomic mass is 10.3. The van der Waals surface area contributed by atoms with Crippen molar-refractivity contribution in [1.29, 1.82) is 0 Å². The van der Waals surface area contributed by atoms with Gasteiger partial charge >= 0.3 is 0 Å². The summed E-state index contributed by atoms with van der Waals surface area (Å²) in [6, 6.07) is 9.60. The number of amides is 1. The first-order valence-corrected chi connectivity index (χ1v) is 7.30. The van der Waals surface area contributed by atoms with E-state index in [1.165, 1.54) is 0 Å². The van der Waals surface area contributed by atoms with E-state index < -0.39 is 0 Å². The number of halogens is 1. The zero-order chi connectivity index (χ0) is 14.2. The Bertz CT molecular complexity index is 523. The molecular weight excluding hydrogens is 320 g/mol. The van der Waals surface area contributed by atoms with Crippen LogP contribution in [0.4, 0.5) is 0 Å². The Morgan fingerprint density at radius 3 is 2.75 bits per heavy atom. The second-order valence-electron chi connectivity index (χ2n) is 4.40. The summed E-state index contributed by atoms with van der Waals surface area (Å²) in [5.41, 5.74) is 1.07. The van der Waals surface area contributed by atoms with E-state index in [0.29, 0.717) is 26.0 Å². The van der Waals surface area contributed by atoms with Gasteiger partial charge in [-0.3, -0.25) is 4.79 Å². The fourth-order valence-electron chi connectivity index (χ4n) is 1.71. The van der Waals surface area contributed by atoms with E-state index in [-0.39, 0.29) is 5.91 Å². The first-order chi connectivity index (χ1) is 9.74. The number of nitrogens with one attached hydrogen (secondary N) is 2. The number of H-pyrrole nitrogens is 1. The Balaban J connectivity index is 1.58. The van der Waals surface area contributed by atoms with E-state index in [9.17, 15) is 4.79 Å². The first-order valence-electron chi connectivity index (χ1n) is 6.51. The molecule has 0 radical (unpaired) electrons. The summed E-state index contributed by atoms with van der Waals surface area (Å²) >= 11 is 3.37. The molecule has 0 spiro atoms. The Morgan fingerprint density at radius 2 is 2.05 bits per heavy atom. The smallest absolute Gasteiger partial charge is 0.220 e. The lowest BCUT2D eigenvalue weighted by molar-refractivity contribution is -0.121. The molecule has 4 nitrogen and oxygen atoms in total. The molecule has 0 atom stereocenters. The highest BCUT2D eigenvalue weighted by atomic mass is 79.9. The van der Waals surface area contributed by atoms with Gasteiger partial charge in [0, 0.05) is 29.8 Å². The number of carbonyl (C=O) groups excluding carboxylic acids is 1. The van der Waals surface area contributed by atoms with Crippen LogP contribution in [0.2, 0.25) is 0 Å². The molecule has 1 aromatic carbocycles. The average molecular weight is 337 g/mol. The minimum absolute atomic E-state index is 0.0469. The van der Waals surface area contributed by atoms with Gasteiger partial charge in [-0.15, -0.1) is 0 Å². The van der Waals surface area contributed by atoms with Crippen molar-refractivity contribution in [3.05, 3.63) is 52.8 Å². The summed E-state index contributed by atoms with van der Waals surface area (Å²) < 4.78 is 6.58. The second kappa shape index (κ2) is 7.75. The number of rotatable bonds is 7. The Kier molecular flexibility index (Phi) is 5.68. The number of aromatic amines is 1. The molecule has 1 heterocycles. The minimum atomic E-state index is 0.0469. The van der Waals surface area contributed by atoms with E-state index >= 15 is 0 Å². The van der Waals surface area contributed by atoms with Crippen molar-refractivity contribution in [2.24, 2.45) is 0 Å². The van der Waals surface area contributed by atoms with Gasteiger partial charge in [-0.05, 0) is 42.3 Å². The van der Waals surface area contributed by atoms with Crippen molar-refractivity contribution < 1.29 is 9.53 Å². The fraction of sp³-hybridized carbons (Fsp3) is 0.267. The monoisotopic (exact) mass is 336 g/mol. The Labute approximate surface area is 126 Å². The van der Waals surface area contributed by atoms with Crippen molar-refractivity contribution in [2.75, 3.05) is 6.61 Å². The van der Waals surface area contributed by atoms with Crippen LogP contribution in [0.25, 0.3) is 0 Å². The molecule has 2 rings (SSSR count). The largest absolute Gasteiger partial charge is 0.494 e. The number of ether oxygens (including phenoxy) is 1. The zero-order valence-electron chi connectivity index (χ0n) is 11.1. The van der Waals surface area contributed by atoms with Crippen molar-refractivity contribution in [3.8, 4) is 5.75 Å². The van der Waals surface area contributed by atoms with Crippen LogP contribution >= 0.6 is 15.9 Å². The van der Waals surface area contributed by atoms with Crippen LogP contribution in [-0.4, -0.2) is 17.5 Å². The molecule has 0 aliphatic heterocycles. The molecule has 2 aromatic rings. The standard InChI is InChI=1S/C15H17BrN2O2/c16-13-3-5-14(6-4-13)20-9-1-2-15(19)18-11-12-7-8-17-10-12/h3-8,10,17H,1-2,9,11H2,(H,18,19). The normalized spacial score (nSPS) is 10.2. The average Bonchev–Trinajstić information content (AvgIpc) is 2.96. The van der Waals surface area contributed by atoms with Crippen LogP contribution < -0.4 is 10.1 Å². The van der Waals surface area contributed by atoms with E-state index in [2.05, 4.69) is 26.2 Å². The highest BCUT2D eigenvalue weighted by Gasteiger charge is 2.02. The predicted molar refractivity (Wildman–Crippen MR) is 81.5 cm³/mol. The lowest BCUT2D eigenvalue weighted by Crippen LogP contribution is -2.22. The van der Waals surface area contributed by atoms with Gasteiger partial charge in [0.05, 0.1) is 6.61 Å². The molecule has 0 aliphatic carbocycles. The summed E-state index contributed by atoms with van der Waals surface area (Å²) in [6.45, 7) is 1.11. The topological polar surface area (TPSA) is 54.1 Å². The first kappa shape index (κ1) is 14.7. The maximum atomic E-state index is 11.6. The van der Waals surface area contributed by atoms with E-state index in [1.54, 1.807) is 0 Å². The van der Waals surface area contributed by atoms with Crippen LogP contribution in [-0.2, 0) is 11.3 Å². The maximum absolute atomic E-state index is 11.6. The van der Waals surface area contributed by atoms with Crippen LogP contribution in [0.5, 0.6) is 5.75 Å². The summed E-state index contributed by atoms with van der Waals surface area (Å²) in [4.78, 5) is 14.6. The summed E-state index contributed by atoms with van der Waals surface area (Å²) in [5, 5.41) is 2.87. The molecule has 106 valence electrons. The molecule has 0 bridgehead atoms. The van der Waals surface area contributed by atoms with Gasteiger partial charge in [0.1, 0.15) is 5.75 Å². The van der Waals surface area contributed by atoms with Gasteiger partial charge in [0.15, 0.2) is 0 Å².